The summed E-state index contributed by atoms with van der Waals surface area (Å²) < 4.78 is 0. The third-order valence-corrected chi connectivity index (χ3v) is 6.21. The molecule has 0 aliphatic heterocycles. The normalized spacial score (nSPS) is 28.2. The molecule has 1 saturated carbocycles. The van der Waals surface area contributed by atoms with Gasteiger partial charge in [0.05, 0.1) is 0 Å². The monoisotopic (exact) mass is 310 g/mol. The quantitative estimate of drug-likeness (QED) is 0.504. The van der Waals surface area contributed by atoms with Gasteiger partial charge in [-0.05, 0) is 80.8 Å². The topological polar surface area (TPSA) is 0 Å². The van der Waals surface area contributed by atoms with Gasteiger partial charge in [0, 0.05) is 1.43 Å². The Morgan fingerprint density at radius 1 is 1.04 bits per heavy atom. The van der Waals surface area contributed by atoms with Crippen LogP contribution < -0.4 is 0 Å². The number of allylic oxidation sites excluding steroid dienone is 3. The van der Waals surface area contributed by atoms with Crippen LogP contribution in [0.15, 0.2) is 43.0 Å². The molecular formula is C23H34. The second-order valence-electron chi connectivity index (χ2n) is 7.78. The lowest BCUT2D eigenvalue weighted by molar-refractivity contribution is 0.190. The van der Waals surface area contributed by atoms with Crippen LogP contribution in [-0.4, -0.2) is 0 Å². The van der Waals surface area contributed by atoms with E-state index in [0.717, 1.165) is 17.8 Å². The van der Waals surface area contributed by atoms with Gasteiger partial charge in [-0.3, -0.25) is 0 Å². The van der Waals surface area contributed by atoms with E-state index in [1.807, 2.05) is 0 Å². The van der Waals surface area contributed by atoms with Crippen molar-refractivity contribution in [3.8, 4) is 0 Å². The van der Waals surface area contributed by atoms with Gasteiger partial charge < -0.3 is 0 Å². The molecule has 126 valence electrons. The largest absolute Gasteiger partial charge is 0.103 e. The van der Waals surface area contributed by atoms with Crippen LogP contribution in [0.1, 0.15) is 70.3 Å². The Kier molecular flexibility index (Phi) is 5.75. The molecule has 0 amide bonds. The predicted octanol–water partition coefficient (Wildman–Crippen LogP) is 7.20. The smallest absolute Gasteiger partial charge is 0 e. The van der Waals surface area contributed by atoms with Gasteiger partial charge in [-0.15, -0.1) is 6.58 Å². The minimum absolute atomic E-state index is 0. The second kappa shape index (κ2) is 7.99. The molecule has 1 aromatic rings. The highest BCUT2D eigenvalue weighted by Gasteiger charge is 2.28. The predicted molar refractivity (Wildman–Crippen MR) is 103 cm³/mol. The van der Waals surface area contributed by atoms with Crippen molar-refractivity contribution in [1.29, 1.82) is 0 Å². The van der Waals surface area contributed by atoms with E-state index in [2.05, 4.69) is 49.9 Å². The van der Waals surface area contributed by atoms with E-state index in [4.69, 9.17) is 0 Å². The number of aryl methyl sites for hydroxylation is 1. The Hall–Kier alpha value is -1.30. The summed E-state index contributed by atoms with van der Waals surface area (Å²) in [5.74, 6) is 2.92. The van der Waals surface area contributed by atoms with E-state index >= 15 is 0 Å². The van der Waals surface area contributed by atoms with Gasteiger partial charge in [-0.25, -0.2) is 0 Å². The standard InChI is InChI=1S/C23H32.H2/c1-3-4-5-19-8-12-21(13-9-19)23-16-14-22(15-17-23)20-10-6-18(2)7-11-20;/h3,6-7,10-11,14,19,21,23H,1,4-5,8-9,12-13,15-17H2,2H3;1H. The van der Waals surface area contributed by atoms with Gasteiger partial charge in [-0.1, -0.05) is 54.8 Å². The molecule has 0 aromatic heterocycles. The van der Waals surface area contributed by atoms with E-state index in [1.165, 1.54) is 68.9 Å². The average molecular weight is 311 g/mol. The summed E-state index contributed by atoms with van der Waals surface area (Å²) in [5.41, 5.74) is 4.39. The first-order valence-corrected chi connectivity index (χ1v) is 9.63. The van der Waals surface area contributed by atoms with Gasteiger partial charge in [0.25, 0.3) is 0 Å². The molecule has 0 heterocycles. The molecule has 1 aromatic carbocycles. The van der Waals surface area contributed by atoms with Crippen molar-refractivity contribution >= 4 is 5.57 Å². The number of hydrogen-bond donors (Lipinski definition) is 0. The third kappa shape index (κ3) is 4.37. The second-order valence-corrected chi connectivity index (χ2v) is 7.78. The first-order chi connectivity index (χ1) is 11.3. The first kappa shape index (κ1) is 16.6. The Balaban J connectivity index is 0.00000208. The summed E-state index contributed by atoms with van der Waals surface area (Å²) in [6.07, 6.45) is 17.1. The van der Waals surface area contributed by atoms with Gasteiger partial charge in [0.1, 0.15) is 0 Å². The minimum Gasteiger partial charge on any atom is -0.103 e. The molecule has 0 N–H and O–H groups in total. The maximum atomic E-state index is 3.86. The SMILES string of the molecule is C=CCCC1CCC(C2CC=C(c3ccc(C)cc3)CC2)CC1.[HH]. The van der Waals surface area contributed by atoms with Gasteiger partial charge in [-0.2, -0.15) is 0 Å². The van der Waals surface area contributed by atoms with Crippen molar-refractivity contribution in [3.05, 3.63) is 54.1 Å². The lowest BCUT2D eigenvalue weighted by Gasteiger charge is -2.35. The zero-order valence-electron chi connectivity index (χ0n) is 14.8. The summed E-state index contributed by atoms with van der Waals surface area (Å²) >= 11 is 0. The molecule has 1 fully saturated rings. The summed E-state index contributed by atoms with van der Waals surface area (Å²) in [4.78, 5) is 0. The summed E-state index contributed by atoms with van der Waals surface area (Å²) in [6, 6.07) is 9.08. The Bertz CT molecular complexity index is 532. The summed E-state index contributed by atoms with van der Waals surface area (Å²) in [7, 11) is 0. The lowest BCUT2D eigenvalue weighted by Crippen LogP contribution is -2.23. The zero-order valence-corrected chi connectivity index (χ0v) is 14.8. The van der Waals surface area contributed by atoms with Crippen molar-refractivity contribution < 1.29 is 1.43 Å². The van der Waals surface area contributed by atoms with E-state index in [9.17, 15) is 0 Å². The first-order valence-electron chi connectivity index (χ1n) is 9.63. The van der Waals surface area contributed by atoms with Crippen LogP contribution >= 0.6 is 0 Å². The van der Waals surface area contributed by atoms with Crippen molar-refractivity contribution in [1.82, 2.24) is 0 Å². The van der Waals surface area contributed by atoms with Crippen molar-refractivity contribution in [2.24, 2.45) is 17.8 Å². The maximum Gasteiger partial charge on any atom is 0 e. The minimum atomic E-state index is 0. The maximum absolute atomic E-state index is 3.86. The van der Waals surface area contributed by atoms with Crippen LogP contribution in [0.2, 0.25) is 0 Å². The zero-order chi connectivity index (χ0) is 16.1. The fourth-order valence-electron chi connectivity index (χ4n) is 4.61. The molecule has 23 heavy (non-hydrogen) atoms. The summed E-state index contributed by atoms with van der Waals surface area (Å²) in [6.45, 7) is 6.03. The van der Waals surface area contributed by atoms with Crippen molar-refractivity contribution in [2.75, 3.05) is 0 Å². The molecule has 0 saturated heterocycles. The van der Waals surface area contributed by atoms with E-state index in [-0.39, 0.29) is 1.43 Å². The van der Waals surface area contributed by atoms with Crippen LogP contribution in [0.5, 0.6) is 0 Å². The molecule has 2 aliphatic rings. The fourth-order valence-corrected chi connectivity index (χ4v) is 4.61. The van der Waals surface area contributed by atoms with Gasteiger partial charge >= 0.3 is 0 Å². The molecule has 2 aliphatic carbocycles. The van der Waals surface area contributed by atoms with Crippen LogP contribution in [0.4, 0.5) is 0 Å². The number of hydrogen-bond acceptors (Lipinski definition) is 0. The third-order valence-electron chi connectivity index (χ3n) is 6.21. The van der Waals surface area contributed by atoms with E-state index in [0.29, 0.717) is 0 Å². The van der Waals surface area contributed by atoms with Gasteiger partial charge in [0.2, 0.25) is 0 Å². The molecule has 0 heteroatoms. The van der Waals surface area contributed by atoms with E-state index < -0.39 is 0 Å². The Morgan fingerprint density at radius 2 is 1.78 bits per heavy atom. The molecule has 0 spiro atoms. The molecule has 0 radical (unpaired) electrons. The molecule has 0 nitrogen and oxygen atoms in total. The highest BCUT2D eigenvalue weighted by Crippen LogP contribution is 2.42. The highest BCUT2D eigenvalue weighted by molar-refractivity contribution is 5.66. The molecule has 0 bridgehead atoms. The molecule has 1 unspecified atom stereocenters. The van der Waals surface area contributed by atoms with Crippen molar-refractivity contribution in [2.45, 2.75) is 64.7 Å². The van der Waals surface area contributed by atoms with Crippen LogP contribution in [0.25, 0.3) is 5.57 Å². The van der Waals surface area contributed by atoms with Gasteiger partial charge in [0.15, 0.2) is 0 Å². The Labute approximate surface area is 144 Å². The number of rotatable bonds is 5. The van der Waals surface area contributed by atoms with Crippen LogP contribution in [0.3, 0.4) is 0 Å². The number of benzene rings is 1. The average Bonchev–Trinajstić information content (AvgIpc) is 2.61. The van der Waals surface area contributed by atoms with Crippen molar-refractivity contribution in [3.63, 3.8) is 0 Å². The molecular weight excluding hydrogens is 276 g/mol. The lowest BCUT2D eigenvalue weighted by atomic mass is 9.70. The summed E-state index contributed by atoms with van der Waals surface area (Å²) in [5, 5.41) is 0. The fraction of sp³-hybridized carbons (Fsp3) is 0.565. The molecule has 3 rings (SSSR count). The highest BCUT2D eigenvalue weighted by atomic mass is 14.3. The van der Waals surface area contributed by atoms with Crippen LogP contribution in [-0.2, 0) is 0 Å². The molecule has 1 atom stereocenters. The van der Waals surface area contributed by atoms with E-state index in [1.54, 1.807) is 5.57 Å². The Morgan fingerprint density at radius 3 is 2.39 bits per heavy atom. The van der Waals surface area contributed by atoms with Crippen LogP contribution in [0, 0.1) is 24.7 Å².